The van der Waals surface area contributed by atoms with Gasteiger partial charge < -0.3 is 14.7 Å². The Labute approximate surface area is 183 Å². The van der Waals surface area contributed by atoms with Crippen molar-refractivity contribution in [1.29, 1.82) is 0 Å². The molecule has 0 atom stereocenters. The molecule has 5 nitrogen and oxygen atoms in total. The Morgan fingerprint density at radius 1 is 1.03 bits per heavy atom. The predicted octanol–water partition coefficient (Wildman–Crippen LogP) is 5.46. The number of hydrogen-bond acceptors (Lipinski definition) is 5. The molecule has 3 aromatic rings. The van der Waals surface area contributed by atoms with Gasteiger partial charge in [-0.25, -0.2) is 9.97 Å². The van der Waals surface area contributed by atoms with Gasteiger partial charge in [0.25, 0.3) is 0 Å². The first-order valence-electron chi connectivity index (χ1n) is 10.2. The molecule has 1 fully saturated rings. The Hall–Kier alpha value is -3.39. The van der Waals surface area contributed by atoms with E-state index in [2.05, 4.69) is 20.9 Å². The van der Waals surface area contributed by atoms with Crippen LogP contribution >= 0.6 is 0 Å². The molecule has 1 aliphatic heterocycles. The maximum atomic E-state index is 12.7. The Balaban J connectivity index is 1.39. The third-order valence-electron chi connectivity index (χ3n) is 5.24. The number of benzene rings is 1. The number of ether oxygens (including phenoxy) is 1. The molecule has 0 saturated carbocycles. The predicted molar refractivity (Wildman–Crippen MR) is 115 cm³/mol. The van der Waals surface area contributed by atoms with Crippen molar-refractivity contribution >= 4 is 11.9 Å². The van der Waals surface area contributed by atoms with Crippen molar-refractivity contribution < 1.29 is 23.0 Å². The summed E-state index contributed by atoms with van der Waals surface area (Å²) >= 11 is 0. The van der Waals surface area contributed by atoms with E-state index in [9.17, 15) is 18.3 Å². The highest BCUT2D eigenvalue weighted by atomic mass is 19.4. The summed E-state index contributed by atoms with van der Waals surface area (Å²) in [4.78, 5) is 10.4. The van der Waals surface area contributed by atoms with Crippen molar-refractivity contribution in [3.8, 4) is 11.6 Å². The molecular weight excluding hydrogens is 419 g/mol. The Morgan fingerprint density at radius 2 is 1.84 bits per heavy atom. The van der Waals surface area contributed by atoms with Gasteiger partial charge in [0.2, 0.25) is 5.88 Å². The summed E-state index contributed by atoms with van der Waals surface area (Å²) in [5, 5.41) is 9.31. The fraction of sp³-hybridized carbons (Fsp3) is 0.250. The highest BCUT2D eigenvalue weighted by Gasteiger charge is 2.30. The van der Waals surface area contributed by atoms with Crippen LogP contribution in [0.1, 0.15) is 29.5 Å². The largest absolute Gasteiger partial charge is 0.439 e. The van der Waals surface area contributed by atoms with Gasteiger partial charge in [-0.1, -0.05) is 23.8 Å². The molecule has 8 heteroatoms. The highest BCUT2D eigenvalue weighted by Crippen LogP contribution is 2.30. The zero-order chi connectivity index (χ0) is 22.6. The monoisotopic (exact) mass is 441 g/mol. The minimum atomic E-state index is -4.43. The summed E-state index contributed by atoms with van der Waals surface area (Å²) in [6.07, 6.45) is 1.93. The molecule has 0 amide bonds. The number of alkyl halides is 3. The molecule has 1 aliphatic rings. The lowest BCUT2D eigenvalue weighted by atomic mass is 10.0. The Kier molecular flexibility index (Phi) is 6.41. The van der Waals surface area contributed by atoms with Crippen LogP contribution in [0, 0.1) is 0 Å². The average Bonchev–Trinajstić information content (AvgIpc) is 2.80. The maximum absolute atomic E-state index is 12.7. The van der Waals surface area contributed by atoms with E-state index in [-0.39, 0.29) is 12.5 Å². The fourth-order valence-electron chi connectivity index (χ4n) is 3.53. The lowest BCUT2D eigenvalue weighted by molar-refractivity contribution is -0.137. The van der Waals surface area contributed by atoms with Crippen molar-refractivity contribution in [3.63, 3.8) is 0 Å². The molecule has 1 saturated heterocycles. The van der Waals surface area contributed by atoms with Crippen LogP contribution in [0.3, 0.4) is 0 Å². The molecule has 0 spiro atoms. The maximum Gasteiger partial charge on any atom is 0.417 e. The minimum absolute atomic E-state index is 0.00504. The van der Waals surface area contributed by atoms with Gasteiger partial charge in [-0.05, 0) is 54.3 Å². The fourth-order valence-corrected chi connectivity index (χ4v) is 3.53. The molecule has 0 aliphatic carbocycles. The zero-order valence-electron chi connectivity index (χ0n) is 17.2. The molecule has 1 N–H and O–H groups in total. The van der Waals surface area contributed by atoms with Crippen molar-refractivity contribution in [2.75, 3.05) is 18.0 Å². The Morgan fingerprint density at radius 3 is 2.53 bits per heavy atom. The van der Waals surface area contributed by atoms with E-state index in [1.165, 1.54) is 11.6 Å². The molecule has 32 heavy (non-hydrogen) atoms. The first-order chi connectivity index (χ1) is 15.4. The second-order valence-corrected chi connectivity index (χ2v) is 7.53. The second-order valence-electron chi connectivity index (χ2n) is 7.53. The van der Waals surface area contributed by atoms with Crippen molar-refractivity contribution in [2.24, 2.45) is 0 Å². The van der Waals surface area contributed by atoms with Gasteiger partial charge in [0.15, 0.2) is 0 Å². The molecule has 0 unspecified atom stereocenters. The standard InChI is InChI=1S/C24H22F3N3O2/c25-24(26,27)20-4-5-23(29-15-20)32-21-3-1-2-18(13-21)12-17-7-10-30(11-8-17)22-14-19(16-31)6-9-28-22/h1-6,9,12-15,31H,7-8,10-11,16H2. The molecule has 1 aromatic carbocycles. The number of aliphatic hydroxyl groups excluding tert-OH is 1. The third kappa shape index (κ3) is 5.45. The van der Waals surface area contributed by atoms with Crippen LogP contribution in [0.25, 0.3) is 6.08 Å². The van der Waals surface area contributed by atoms with Gasteiger partial charge in [0, 0.05) is 31.5 Å². The van der Waals surface area contributed by atoms with E-state index in [1.807, 2.05) is 24.3 Å². The van der Waals surface area contributed by atoms with Gasteiger partial charge in [-0.15, -0.1) is 0 Å². The highest BCUT2D eigenvalue weighted by molar-refractivity contribution is 5.56. The smallest absolute Gasteiger partial charge is 0.417 e. The molecule has 4 rings (SSSR count). The van der Waals surface area contributed by atoms with Crippen molar-refractivity contribution in [2.45, 2.75) is 25.6 Å². The number of piperidine rings is 1. The molecule has 2 aromatic heterocycles. The molecule has 3 heterocycles. The van der Waals surface area contributed by atoms with Gasteiger partial charge in [0.1, 0.15) is 11.6 Å². The van der Waals surface area contributed by atoms with E-state index < -0.39 is 11.7 Å². The van der Waals surface area contributed by atoms with Crippen molar-refractivity contribution in [1.82, 2.24) is 9.97 Å². The number of hydrogen-bond donors (Lipinski definition) is 1. The lowest BCUT2D eigenvalue weighted by Gasteiger charge is -2.29. The number of aliphatic hydroxyl groups is 1. The molecule has 166 valence electrons. The third-order valence-corrected chi connectivity index (χ3v) is 5.24. The number of rotatable bonds is 5. The van der Waals surface area contributed by atoms with Crippen LogP contribution in [0.2, 0.25) is 0 Å². The average molecular weight is 441 g/mol. The van der Waals surface area contributed by atoms with Gasteiger partial charge in [-0.2, -0.15) is 13.2 Å². The summed E-state index contributed by atoms with van der Waals surface area (Å²) in [5.74, 6) is 1.48. The van der Waals surface area contributed by atoms with Gasteiger partial charge >= 0.3 is 6.18 Å². The first kappa shape index (κ1) is 21.8. The van der Waals surface area contributed by atoms with E-state index in [1.54, 1.807) is 18.3 Å². The van der Waals surface area contributed by atoms with Gasteiger partial charge in [0.05, 0.1) is 12.2 Å². The van der Waals surface area contributed by atoms with Crippen LogP contribution < -0.4 is 9.64 Å². The number of aromatic nitrogens is 2. The van der Waals surface area contributed by atoms with E-state index in [0.29, 0.717) is 5.75 Å². The van der Waals surface area contributed by atoms with E-state index >= 15 is 0 Å². The van der Waals surface area contributed by atoms with E-state index in [4.69, 9.17) is 4.74 Å². The number of halogens is 3. The minimum Gasteiger partial charge on any atom is -0.439 e. The number of nitrogens with zero attached hydrogens (tertiary/aromatic N) is 3. The summed E-state index contributed by atoms with van der Waals surface area (Å²) in [6.45, 7) is 1.66. The quantitative estimate of drug-likeness (QED) is 0.570. The number of pyridine rings is 2. The van der Waals surface area contributed by atoms with Crippen LogP contribution in [0.5, 0.6) is 11.6 Å². The molecule has 0 radical (unpaired) electrons. The summed E-state index contributed by atoms with van der Waals surface area (Å²) in [5.41, 5.74) is 2.28. The Bertz CT molecular complexity index is 1090. The number of anilines is 1. The lowest BCUT2D eigenvalue weighted by Crippen LogP contribution is -2.31. The van der Waals surface area contributed by atoms with Crippen LogP contribution in [0.4, 0.5) is 19.0 Å². The van der Waals surface area contributed by atoms with Crippen LogP contribution in [-0.4, -0.2) is 28.2 Å². The van der Waals surface area contributed by atoms with Gasteiger partial charge in [-0.3, -0.25) is 0 Å². The first-order valence-corrected chi connectivity index (χ1v) is 10.2. The topological polar surface area (TPSA) is 58.5 Å². The SMILES string of the molecule is OCc1ccnc(N2CCC(=Cc3cccc(Oc4ccc(C(F)(F)F)cn4)c3)CC2)c1. The van der Waals surface area contributed by atoms with Crippen molar-refractivity contribution in [3.05, 3.63) is 83.2 Å². The summed E-state index contributed by atoms with van der Waals surface area (Å²) in [6, 6.07) is 13.2. The van der Waals surface area contributed by atoms with Crippen LogP contribution in [0.15, 0.2) is 66.5 Å². The normalized spacial score (nSPS) is 14.4. The molecule has 0 bridgehead atoms. The van der Waals surface area contributed by atoms with E-state index in [0.717, 1.165) is 55.1 Å². The summed E-state index contributed by atoms with van der Waals surface area (Å²) in [7, 11) is 0. The zero-order valence-corrected chi connectivity index (χ0v) is 17.2. The summed E-state index contributed by atoms with van der Waals surface area (Å²) < 4.78 is 43.6. The van der Waals surface area contributed by atoms with Crippen LogP contribution in [-0.2, 0) is 12.8 Å². The molecular formula is C24H22F3N3O2. The second kappa shape index (κ2) is 9.40.